The molecular formula is C23H29N3O4S. The Morgan fingerprint density at radius 1 is 1.06 bits per heavy atom. The molecule has 0 spiro atoms. The first-order valence-corrected chi connectivity index (χ1v) is 11.8. The van der Waals surface area contributed by atoms with Crippen LogP contribution in [0.2, 0.25) is 0 Å². The molecule has 0 bridgehead atoms. The van der Waals surface area contributed by atoms with Crippen LogP contribution >= 0.6 is 0 Å². The summed E-state index contributed by atoms with van der Waals surface area (Å²) >= 11 is 0. The minimum atomic E-state index is -3.56. The number of hydrogen-bond acceptors (Lipinski definition) is 5. The molecule has 0 unspecified atom stereocenters. The van der Waals surface area contributed by atoms with E-state index >= 15 is 0 Å². The second-order valence-corrected chi connectivity index (χ2v) is 9.30. The Balaban J connectivity index is 1.53. The van der Waals surface area contributed by atoms with E-state index in [4.69, 9.17) is 4.74 Å². The van der Waals surface area contributed by atoms with E-state index in [9.17, 15) is 13.2 Å². The van der Waals surface area contributed by atoms with Crippen LogP contribution < -0.4 is 10.1 Å². The number of benzene rings is 2. The molecule has 0 saturated carbocycles. The molecule has 7 nitrogen and oxygen atoms in total. The van der Waals surface area contributed by atoms with Crippen LogP contribution in [-0.2, 0) is 14.8 Å². The molecule has 1 saturated heterocycles. The van der Waals surface area contributed by atoms with Crippen molar-refractivity contribution in [3.63, 3.8) is 0 Å². The summed E-state index contributed by atoms with van der Waals surface area (Å²) in [5.41, 5.74) is 1.15. The summed E-state index contributed by atoms with van der Waals surface area (Å²) in [6, 6.07) is 16.3. The average Bonchev–Trinajstić information content (AvgIpc) is 2.80. The molecule has 1 atom stereocenters. The highest BCUT2D eigenvalue weighted by atomic mass is 32.2. The summed E-state index contributed by atoms with van der Waals surface area (Å²) in [4.78, 5) is 14.0. The van der Waals surface area contributed by atoms with Crippen molar-refractivity contribution < 1.29 is 17.9 Å². The van der Waals surface area contributed by atoms with Gasteiger partial charge in [-0.25, -0.2) is 8.42 Å². The fraction of sp³-hybridized carbons (Fsp3) is 0.348. The van der Waals surface area contributed by atoms with Crippen molar-refractivity contribution in [2.45, 2.75) is 17.9 Å². The first-order valence-electron chi connectivity index (χ1n) is 10.3. The fourth-order valence-electron chi connectivity index (χ4n) is 3.35. The third kappa shape index (κ3) is 6.16. The van der Waals surface area contributed by atoms with Crippen molar-refractivity contribution in [2.24, 2.45) is 0 Å². The van der Waals surface area contributed by atoms with Gasteiger partial charge in [0.1, 0.15) is 5.75 Å². The maximum Gasteiger partial charge on any atom is 0.260 e. The highest BCUT2D eigenvalue weighted by Gasteiger charge is 2.28. The van der Waals surface area contributed by atoms with Gasteiger partial charge in [0.25, 0.3) is 5.91 Å². The van der Waals surface area contributed by atoms with E-state index in [1.165, 1.54) is 23.5 Å². The Hall–Kier alpha value is -2.68. The Morgan fingerprint density at radius 2 is 1.71 bits per heavy atom. The molecule has 1 heterocycles. The Labute approximate surface area is 184 Å². The molecular weight excluding hydrogens is 414 g/mol. The van der Waals surface area contributed by atoms with E-state index in [2.05, 4.69) is 34.5 Å². The molecule has 3 rings (SSSR count). The van der Waals surface area contributed by atoms with E-state index in [-0.39, 0.29) is 10.8 Å². The van der Waals surface area contributed by atoms with Crippen LogP contribution in [0.5, 0.6) is 5.75 Å². The van der Waals surface area contributed by atoms with Crippen LogP contribution in [-0.4, -0.2) is 69.4 Å². The van der Waals surface area contributed by atoms with Gasteiger partial charge >= 0.3 is 0 Å². The van der Waals surface area contributed by atoms with Crippen molar-refractivity contribution in [3.05, 3.63) is 66.2 Å². The normalized spacial score (nSPS) is 16.8. The lowest BCUT2D eigenvalue weighted by Gasteiger charge is -2.33. The molecule has 0 radical (unpaired) electrons. The summed E-state index contributed by atoms with van der Waals surface area (Å²) < 4.78 is 33.0. The zero-order chi connectivity index (χ0) is 22.3. The number of carbonyl (C=O) groups excluding carboxylic acids is 1. The third-order valence-corrected chi connectivity index (χ3v) is 7.11. The second-order valence-electron chi connectivity index (χ2n) is 7.36. The van der Waals surface area contributed by atoms with Gasteiger partial charge in [0.05, 0.1) is 4.90 Å². The Morgan fingerprint density at radius 3 is 2.32 bits per heavy atom. The molecule has 8 heteroatoms. The third-order valence-electron chi connectivity index (χ3n) is 5.19. The van der Waals surface area contributed by atoms with Gasteiger partial charge in [-0.2, -0.15) is 4.31 Å². The van der Waals surface area contributed by atoms with Gasteiger partial charge in [-0.3, -0.25) is 9.69 Å². The topological polar surface area (TPSA) is 78.9 Å². The zero-order valence-corrected chi connectivity index (χ0v) is 18.7. The average molecular weight is 444 g/mol. The van der Waals surface area contributed by atoms with E-state index < -0.39 is 16.1 Å². The molecule has 31 heavy (non-hydrogen) atoms. The maximum atomic E-state index is 13.0. The number of likely N-dealkylation sites (N-methyl/N-ethyl adjacent to an activating group) is 1. The van der Waals surface area contributed by atoms with Crippen LogP contribution in [0.4, 0.5) is 0 Å². The Bertz CT molecular complexity index is 983. The molecule has 1 aliphatic heterocycles. The number of amides is 1. The van der Waals surface area contributed by atoms with Crippen LogP contribution in [0, 0.1) is 0 Å². The van der Waals surface area contributed by atoms with E-state index in [1.54, 1.807) is 19.1 Å². The Kier molecular flexibility index (Phi) is 7.84. The molecule has 166 valence electrons. The number of piperazine rings is 1. The lowest BCUT2D eigenvalue weighted by atomic mass is 10.2. The van der Waals surface area contributed by atoms with Gasteiger partial charge in [-0.15, -0.1) is 0 Å². The van der Waals surface area contributed by atoms with Crippen LogP contribution in [0.3, 0.4) is 0 Å². The number of hydrogen-bond donors (Lipinski definition) is 1. The van der Waals surface area contributed by atoms with Gasteiger partial charge in [0.2, 0.25) is 10.0 Å². The summed E-state index contributed by atoms with van der Waals surface area (Å²) in [7, 11) is -2.02. The first kappa shape index (κ1) is 23.0. The largest absolute Gasteiger partial charge is 0.481 e. The fourth-order valence-corrected chi connectivity index (χ4v) is 4.78. The molecule has 1 fully saturated rings. The maximum absolute atomic E-state index is 13.0. The minimum absolute atomic E-state index is 0.227. The van der Waals surface area contributed by atoms with E-state index in [1.807, 2.05) is 18.2 Å². The van der Waals surface area contributed by atoms with Crippen molar-refractivity contribution in [3.8, 4) is 5.75 Å². The van der Waals surface area contributed by atoms with Gasteiger partial charge in [-0.1, -0.05) is 42.5 Å². The number of carbonyl (C=O) groups is 1. The standard InChI is InChI=1S/C23H29N3O4S/c1-19(23(27)24-2)30-21-10-12-22(13-11-21)31(28,29)26-17-15-25(16-18-26)14-6-9-20-7-4-3-5-8-20/h3-13,19H,14-18H2,1-2H3,(H,24,27)/b9-6+/t19-/m1/s1. The molecule has 2 aromatic rings. The van der Waals surface area contributed by atoms with Gasteiger partial charge in [0, 0.05) is 39.8 Å². The van der Waals surface area contributed by atoms with Crippen molar-refractivity contribution >= 4 is 22.0 Å². The second kappa shape index (κ2) is 10.6. The predicted molar refractivity (Wildman–Crippen MR) is 121 cm³/mol. The molecule has 1 N–H and O–H groups in total. The number of ether oxygens (including phenoxy) is 1. The van der Waals surface area contributed by atoms with Gasteiger partial charge in [-0.05, 0) is 36.8 Å². The SMILES string of the molecule is CNC(=O)[C@@H](C)Oc1ccc(S(=O)(=O)N2CCN(C/C=C/c3ccccc3)CC2)cc1. The van der Waals surface area contributed by atoms with Crippen molar-refractivity contribution in [1.82, 2.24) is 14.5 Å². The van der Waals surface area contributed by atoms with Crippen LogP contribution in [0.15, 0.2) is 65.6 Å². The lowest BCUT2D eigenvalue weighted by Crippen LogP contribution is -2.48. The molecule has 0 aromatic heterocycles. The smallest absolute Gasteiger partial charge is 0.260 e. The van der Waals surface area contributed by atoms with Crippen LogP contribution in [0.25, 0.3) is 6.08 Å². The quantitative estimate of drug-likeness (QED) is 0.677. The monoisotopic (exact) mass is 443 g/mol. The zero-order valence-electron chi connectivity index (χ0n) is 17.9. The van der Waals surface area contributed by atoms with Crippen molar-refractivity contribution in [1.29, 1.82) is 0 Å². The summed E-state index contributed by atoms with van der Waals surface area (Å²) in [6.45, 7) is 4.70. The van der Waals surface area contributed by atoms with Gasteiger partial charge < -0.3 is 10.1 Å². The highest BCUT2D eigenvalue weighted by molar-refractivity contribution is 7.89. The summed E-state index contributed by atoms with van der Waals surface area (Å²) in [6.07, 6.45) is 3.53. The number of nitrogens with one attached hydrogen (secondary N) is 1. The number of rotatable bonds is 8. The van der Waals surface area contributed by atoms with E-state index in [0.29, 0.717) is 31.9 Å². The minimum Gasteiger partial charge on any atom is -0.481 e. The van der Waals surface area contributed by atoms with Gasteiger partial charge in [0.15, 0.2) is 6.10 Å². The molecule has 0 aliphatic carbocycles. The first-order chi connectivity index (χ1) is 14.9. The summed E-state index contributed by atoms with van der Waals surface area (Å²) in [5.74, 6) is 0.207. The lowest BCUT2D eigenvalue weighted by molar-refractivity contribution is -0.126. The summed E-state index contributed by atoms with van der Waals surface area (Å²) in [5, 5.41) is 2.51. The molecule has 1 amide bonds. The van der Waals surface area contributed by atoms with Crippen LogP contribution in [0.1, 0.15) is 12.5 Å². The molecule has 2 aromatic carbocycles. The number of nitrogens with zero attached hydrogens (tertiary/aromatic N) is 2. The van der Waals surface area contributed by atoms with E-state index in [0.717, 1.165) is 12.1 Å². The predicted octanol–water partition coefficient (Wildman–Crippen LogP) is 2.22. The van der Waals surface area contributed by atoms with Crippen molar-refractivity contribution in [2.75, 3.05) is 39.8 Å². The number of sulfonamides is 1. The molecule has 1 aliphatic rings. The highest BCUT2D eigenvalue weighted by Crippen LogP contribution is 2.21.